The molecule has 1 nitrogen and oxygen atoms in total. The summed E-state index contributed by atoms with van der Waals surface area (Å²) in [6, 6.07) is 9.93. The van der Waals surface area contributed by atoms with Crippen molar-refractivity contribution in [3.8, 4) is 0 Å². The number of alkyl halides is 3. The Kier molecular flexibility index (Phi) is 4.20. The first-order chi connectivity index (χ1) is 9.30. The second-order valence-electron chi connectivity index (χ2n) is 4.48. The zero-order valence-electron chi connectivity index (χ0n) is 10.6. The topological polar surface area (TPSA) is 20.2 Å². The van der Waals surface area contributed by atoms with Crippen LogP contribution in [-0.4, -0.2) is 5.11 Å². The molecule has 106 valence electrons. The molecule has 1 atom stereocenters. The summed E-state index contributed by atoms with van der Waals surface area (Å²) in [6.45, 7) is 1.84. The van der Waals surface area contributed by atoms with Crippen LogP contribution in [0, 0.1) is 6.92 Å². The molecule has 0 bridgehead atoms. The lowest BCUT2D eigenvalue weighted by atomic mass is 9.97. The fraction of sp³-hybridized carbons (Fsp3) is 0.200. The van der Waals surface area contributed by atoms with Gasteiger partial charge in [-0.2, -0.15) is 13.2 Å². The molecule has 0 saturated heterocycles. The number of hydrogen-bond acceptors (Lipinski definition) is 1. The smallest absolute Gasteiger partial charge is 0.384 e. The third-order valence-corrected chi connectivity index (χ3v) is 4.02. The minimum atomic E-state index is -4.37. The average molecular weight is 345 g/mol. The molecule has 0 heterocycles. The normalized spacial score (nSPS) is 13.3. The maximum absolute atomic E-state index is 12.5. The summed E-state index contributed by atoms with van der Waals surface area (Å²) >= 11 is 3.36. The minimum absolute atomic E-state index is 0.430. The summed E-state index contributed by atoms with van der Waals surface area (Å²) in [5.74, 6) is 0. The molecule has 20 heavy (non-hydrogen) atoms. The monoisotopic (exact) mass is 344 g/mol. The van der Waals surface area contributed by atoms with E-state index in [2.05, 4.69) is 15.9 Å². The SMILES string of the molecule is Cc1c(Br)cccc1C(O)c1ccc(C(F)(F)F)cc1. The van der Waals surface area contributed by atoms with Gasteiger partial charge in [-0.25, -0.2) is 0 Å². The zero-order chi connectivity index (χ0) is 14.9. The highest BCUT2D eigenvalue weighted by Crippen LogP contribution is 2.32. The van der Waals surface area contributed by atoms with Gasteiger partial charge in [0, 0.05) is 4.47 Å². The van der Waals surface area contributed by atoms with E-state index in [1.54, 1.807) is 12.1 Å². The van der Waals surface area contributed by atoms with E-state index in [1.165, 1.54) is 12.1 Å². The number of aliphatic hydroxyl groups is 1. The highest BCUT2D eigenvalue weighted by molar-refractivity contribution is 9.10. The largest absolute Gasteiger partial charge is 0.416 e. The summed E-state index contributed by atoms with van der Waals surface area (Å²) in [4.78, 5) is 0. The van der Waals surface area contributed by atoms with E-state index in [9.17, 15) is 18.3 Å². The van der Waals surface area contributed by atoms with Gasteiger partial charge in [-0.05, 0) is 41.8 Å². The van der Waals surface area contributed by atoms with E-state index < -0.39 is 17.8 Å². The fourth-order valence-corrected chi connectivity index (χ4v) is 2.34. The molecular weight excluding hydrogens is 333 g/mol. The van der Waals surface area contributed by atoms with Crippen LogP contribution in [0.1, 0.15) is 28.4 Å². The Labute approximate surface area is 123 Å². The highest BCUT2D eigenvalue weighted by atomic mass is 79.9. The van der Waals surface area contributed by atoms with Crippen molar-refractivity contribution >= 4 is 15.9 Å². The van der Waals surface area contributed by atoms with Gasteiger partial charge in [-0.1, -0.05) is 40.2 Å². The van der Waals surface area contributed by atoms with Crippen LogP contribution < -0.4 is 0 Å². The molecule has 0 aliphatic rings. The minimum Gasteiger partial charge on any atom is -0.384 e. The lowest BCUT2D eigenvalue weighted by molar-refractivity contribution is -0.137. The number of benzene rings is 2. The second kappa shape index (κ2) is 5.58. The van der Waals surface area contributed by atoms with Crippen molar-refractivity contribution in [2.24, 2.45) is 0 Å². The van der Waals surface area contributed by atoms with Crippen molar-refractivity contribution in [2.45, 2.75) is 19.2 Å². The van der Waals surface area contributed by atoms with Crippen molar-refractivity contribution < 1.29 is 18.3 Å². The molecule has 0 saturated carbocycles. The lowest BCUT2D eigenvalue weighted by Crippen LogP contribution is -2.06. The molecule has 5 heteroatoms. The molecule has 2 aromatic carbocycles. The Hall–Kier alpha value is -1.33. The first-order valence-corrected chi connectivity index (χ1v) is 6.70. The number of rotatable bonds is 2. The summed E-state index contributed by atoms with van der Waals surface area (Å²) in [7, 11) is 0. The quantitative estimate of drug-likeness (QED) is 0.824. The summed E-state index contributed by atoms with van der Waals surface area (Å²) in [5, 5.41) is 10.3. The van der Waals surface area contributed by atoms with Crippen LogP contribution in [0.25, 0.3) is 0 Å². The molecular formula is C15H12BrF3O. The maximum Gasteiger partial charge on any atom is 0.416 e. The number of aliphatic hydroxyl groups excluding tert-OH is 1. The van der Waals surface area contributed by atoms with Gasteiger partial charge >= 0.3 is 6.18 Å². The molecule has 0 aromatic heterocycles. The average Bonchev–Trinajstić information content (AvgIpc) is 2.40. The predicted molar refractivity (Wildman–Crippen MR) is 74.4 cm³/mol. The van der Waals surface area contributed by atoms with Gasteiger partial charge in [0.05, 0.1) is 5.56 Å². The van der Waals surface area contributed by atoms with Crippen molar-refractivity contribution in [3.05, 3.63) is 69.2 Å². The van der Waals surface area contributed by atoms with Gasteiger partial charge in [0.1, 0.15) is 6.10 Å². The first kappa shape index (κ1) is 15.1. The second-order valence-corrected chi connectivity index (χ2v) is 5.33. The summed E-state index contributed by atoms with van der Waals surface area (Å²) < 4.78 is 38.3. The number of hydrogen-bond donors (Lipinski definition) is 1. The standard InChI is InChI=1S/C15H12BrF3O/c1-9-12(3-2-4-13(9)16)14(20)10-5-7-11(8-6-10)15(17,18)19/h2-8,14,20H,1H3. The van der Waals surface area contributed by atoms with E-state index in [0.29, 0.717) is 11.1 Å². The molecule has 0 amide bonds. The van der Waals surface area contributed by atoms with Crippen LogP contribution in [0.4, 0.5) is 13.2 Å². The van der Waals surface area contributed by atoms with Crippen LogP contribution in [0.2, 0.25) is 0 Å². The molecule has 2 aromatic rings. The molecule has 0 spiro atoms. The fourth-order valence-electron chi connectivity index (χ4n) is 1.95. The third-order valence-electron chi connectivity index (χ3n) is 3.16. The van der Waals surface area contributed by atoms with Gasteiger partial charge in [0.2, 0.25) is 0 Å². The van der Waals surface area contributed by atoms with Gasteiger partial charge in [0.25, 0.3) is 0 Å². The van der Waals surface area contributed by atoms with Crippen molar-refractivity contribution in [2.75, 3.05) is 0 Å². The van der Waals surface area contributed by atoms with Crippen LogP contribution >= 0.6 is 15.9 Å². The Morgan fingerprint density at radius 2 is 1.65 bits per heavy atom. The molecule has 0 aliphatic heterocycles. The van der Waals surface area contributed by atoms with Crippen LogP contribution in [0.5, 0.6) is 0 Å². The molecule has 2 rings (SSSR count). The highest BCUT2D eigenvalue weighted by Gasteiger charge is 2.30. The summed E-state index contributed by atoms with van der Waals surface area (Å²) in [5.41, 5.74) is 1.23. The molecule has 0 aliphatic carbocycles. The van der Waals surface area contributed by atoms with Crippen LogP contribution in [-0.2, 0) is 6.18 Å². The molecule has 1 N–H and O–H groups in total. The van der Waals surface area contributed by atoms with E-state index in [1.807, 2.05) is 13.0 Å². The van der Waals surface area contributed by atoms with E-state index in [4.69, 9.17) is 0 Å². The lowest BCUT2D eigenvalue weighted by Gasteiger charge is -2.16. The number of halogens is 4. The molecule has 0 fully saturated rings. The van der Waals surface area contributed by atoms with Crippen molar-refractivity contribution in [1.29, 1.82) is 0 Å². The maximum atomic E-state index is 12.5. The van der Waals surface area contributed by atoms with Crippen molar-refractivity contribution in [1.82, 2.24) is 0 Å². The Balaban J connectivity index is 2.34. The Morgan fingerprint density at radius 3 is 2.20 bits per heavy atom. The third kappa shape index (κ3) is 3.04. The van der Waals surface area contributed by atoms with Gasteiger partial charge in [-0.3, -0.25) is 0 Å². The first-order valence-electron chi connectivity index (χ1n) is 5.91. The van der Waals surface area contributed by atoms with E-state index >= 15 is 0 Å². The zero-order valence-corrected chi connectivity index (χ0v) is 12.2. The Bertz CT molecular complexity index is 606. The predicted octanol–water partition coefficient (Wildman–Crippen LogP) is 4.86. The molecule has 1 unspecified atom stereocenters. The van der Waals surface area contributed by atoms with Gasteiger partial charge in [-0.15, -0.1) is 0 Å². The van der Waals surface area contributed by atoms with E-state index in [0.717, 1.165) is 22.2 Å². The van der Waals surface area contributed by atoms with E-state index in [-0.39, 0.29) is 0 Å². The molecule has 0 radical (unpaired) electrons. The summed E-state index contributed by atoms with van der Waals surface area (Å²) in [6.07, 6.45) is -5.32. The van der Waals surface area contributed by atoms with Gasteiger partial charge < -0.3 is 5.11 Å². The van der Waals surface area contributed by atoms with Gasteiger partial charge in [0.15, 0.2) is 0 Å². The van der Waals surface area contributed by atoms with Crippen molar-refractivity contribution in [3.63, 3.8) is 0 Å². The van der Waals surface area contributed by atoms with Crippen LogP contribution in [0.3, 0.4) is 0 Å². The van der Waals surface area contributed by atoms with Crippen LogP contribution in [0.15, 0.2) is 46.9 Å². The Morgan fingerprint density at radius 1 is 1.05 bits per heavy atom.